The molecule has 1 saturated heterocycles. The van der Waals surface area contributed by atoms with E-state index in [1.54, 1.807) is 10.9 Å². The van der Waals surface area contributed by atoms with Gasteiger partial charge in [-0.3, -0.25) is 9.36 Å². The fourth-order valence-corrected chi connectivity index (χ4v) is 3.78. The molecular weight excluding hydrogens is 354 g/mol. The third-order valence-electron chi connectivity index (χ3n) is 5.30. The molecule has 2 aromatic carbocycles. The van der Waals surface area contributed by atoms with Gasteiger partial charge in [-0.1, -0.05) is 30.3 Å². The van der Waals surface area contributed by atoms with E-state index < -0.39 is 6.10 Å². The van der Waals surface area contributed by atoms with Crippen molar-refractivity contribution >= 4 is 10.9 Å². The highest BCUT2D eigenvalue weighted by Crippen LogP contribution is 2.22. The summed E-state index contributed by atoms with van der Waals surface area (Å²) < 4.78 is 7.40. The molecule has 3 aromatic rings. The monoisotopic (exact) mass is 379 g/mol. The van der Waals surface area contributed by atoms with Crippen LogP contribution in [0.25, 0.3) is 10.9 Å². The topological polar surface area (TPSA) is 67.6 Å². The molecule has 6 nitrogen and oxygen atoms in total. The van der Waals surface area contributed by atoms with Crippen molar-refractivity contribution in [1.29, 1.82) is 0 Å². The van der Waals surface area contributed by atoms with Gasteiger partial charge in [-0.15, -0.1) is 0 Å². The van der Waals surface area contributed by atoms with E-state index >= 15 is 0 Å². The quantitative estimate of drug-likeness (QED) is 0.713. The van der Waals surface area contributed by atoms with Gasteiger partial charge in [0.25, 0.3) is 5.56 Å². The van der Waals surface area contributed by atoms with E-state index in [4.69, 9.17) is 4.74 Å². The van der Waals surface area contributed by atoms with Gasteiger partial charge in [0.15, 0.2) is 0 Å². The van der Waals surface area contributed by atoms with Crippen LogP contribution >= 0.6 is 0 Å². The second-order valence-corrected chi connectivity index (χ2v) is 7.28. The maximum atomic E-state index is 12.8. The van der Waals surface area contributed by atoms with E-state index in [1.165, 1.54) is 0 Å². The zero-order valence-electron chi connectivity index (χ0n) is 15.8. The maximum absolute atomic E-state index is 12.8. The number of β-amino-alcohol motifs (C(OH)–C–C–N with tert-alkyl or cyclic N) is 1. The molecule has 0 amide bonds. The van der Waals surface area contributed by atoms with E-state index in [0.717, 1.165) is 37.2 Å². The third kappa shape index (κ3) is 4.24. The van der Waals surface area contributed by atoms with Gasteiger partial charge in [-0.25, -0.2) is 4.98 Å². The van der Waals surface area contributed by atoms with Crippen LogP contribution in [-0.2, 0) is 0 Å². The van der Waals surface area contributed by atoms with E-state index in [-0.39, 0.29) is 18.2 Å². The number of aliphatic hydroxyl groups is 1. The molecule has 0 saturated carbocycles. The van der Waals surface area contributed by atoms with Gasteiger partial charge >= 0.3 is 0 Å². The van der Waals surface area contributed by atoms with Crippen LogP contribution in [-0.4, -0.2) is 51.9 Å². The molecule has 146 valence electrons. The number of aromatic nitrogens is 2. The number of hydrogen-bond donors (Lipinski definition) is 1. The highest BCUT2D eigenvalue weighted by atomic mass is 16.5. The Bertz CT molecular complexity index is 965. The fraction of sp³-hybridized carbons (Fsp3) is 0.364. The lowest BCUT2D eigenvalue weighted by atomic mass is 10.0. The average Bonchev–Trinajstić information content (AvgIpc) is 2.74. The smallest absolute Gasteiger partial charge is 0.261 e. The number of aliphatic hydroxyl groups excluding tert-OH is 1. The molecule has 1 unspecified atom stereocenters. The first-order valence-electron chi connectivity index (χ1n) is 9.75. The van der Waals surface area contributed by atoms with Crippen molar-refractivity contribution in [2.24, 2.45) is 0 Å². The van der Waals surface area contributed by atoms with Gasteiger partial charge in [0.1, 0.15) is 18.5 Å². The summed E-state index contributed by atoms with van der Waals surface area (Å²) in [6, 6.07) is 17.1. The van der Waals surface area contributed by atoms with Gasteiger partial charge in [-0.05, 0) is 37.1 Å². The van der Waals surface area contributed by atoms with Crippen LogP contribution in [0, 0.1) is 0 Å². The highest BCUT2D eigenvalue weighted by Gasteiger charge is 2.23. The van der Waals surface area contributed by atoms with Crippen molar-refractivity contribution in [2.45, 2.75) is 25.0 Å². The average molecular weight is 379 g/mol. The first-order chi connectivity index (χ1) is 13.7. The molecule has 0 aliphatic carbocycles. The van der Waals surface area contributed by atoms with Crippen molar-refractivity contribution in [3.05, 3.63) is 71.3 Å². The van der Waals surface area contributed by atoms with Gasteiger partial charge in [0.05, 0.1) is 17.2 Å². The minimum atomic E-state index is -0.540. The minimum absolute atomic E-state index is 0.0281. The number of benzene rings is 2. The number of piperidine rings is 1. The molecule has 1 N–H and O–H groups in total. The number of hydrogen-bond acceptors (Lipinski definition) is 5. The lowest BCUT2D eigenvalue weighted by Crippen LogP contribution is -2.42. The molecule has 2 heterocycles. The van der Waals surface area contributed by atoms with Gasteiger partial charge in [0.2, 0.25) is 0 Å². The Labute approximate surface area is 164 Å². The lowest BCUT2D eigenvalue weighted by Gasteiger charge is -2.33. The van der Waals surface area contributed by atoms with Crippen LogP contribution in [0.3, 0.4) is 0 Å². The minimum Gasteiger partial charge on any atom is -0.491 e. The summed E-state index contributed by atoms with van der Waals surface area (Å²) in [6.45, 7) is 2.53. The first-order valence-corrected chi connectivity index (χ1v) is 9.75. The predicted octanol–water partition coefficient (Wildman–Crippen LogP) is 2.47. The Morgan fingerprint density at radius 1 is 1.07 bits per heavy atom. The Morgan fingerprint density at radius 2 is 1.79 bits per heavy atom. The van der Waals surface area contributed by atoms with E-state index in [1.807, 2.05) is 54.6 Å². The molecule has 1 fully saturated rings. The standard InChI is InChI=1S/C22H25N3O3/c26-18(15-28-19-6-2-1-3-7-19)14-24-12-10-17(11-13-24)25-16-23-21-9-5-4-8-20(21)22(25)27/h1-9,16-18,26H,10-15H2. The van der Waals surface area contributed by atoms with Crippen molar-refractivity contribution in [3.63, 3.8) is 0 Å². The summed E-state index contributed by atoms with van der Waals surface area (Å²) in [4.78, 5) is 19.4. The van der Waals surface area contributed by atoms with Crippen molar-refractivity contribution in [1.82, 2.24) is 14.5 Å². The number of para-hydroxylation sites is 2. The summed E-state index contributed by atoms with van der Waals surface area (Å²) >= 11 is 0. The molecule has 0 spiro atoms. The molecule has 4 rings (SSSR count). The van der Waals surface area contributed by atoms with Crippen LogP contribution in [0.15, 0.2) is 65.7 Å². The van der Waals surface area contributed by atoms with Crippen LogP contribution in [0.5, 0.6) is 5.75 Å². The van der Waals surface area contributed by atoms with Gasteiger partial charge in [-0.2, -0.15) is 0 Å². The zero-order chi connectivity index (χ0) is 19.3. The molecule has 1 aliphatic heterocycles. The predicted molar refractivity (Wildman–Crippen MR) is 109 cm³/mol. The van der Waals surface area contributed by atoms with Crippen molar-refractivity contribution in [3.8, 4) is 5.75 Å². The molecule has 0 bridgehead atoms. The first kappa shape index (κ1) is 18.7. The summed E-state index contributed by atoms with van der Waals surface area (Å²) in [5.41, 5.74) is 0.767. The molecule has 6 heteroatoms. The summed E-state index contributed by atoms with van der Waals surface area (Å²) in [5, 5.41) is 10.9. The van der Waals surface area contributed by atoms with Gasteiger partial charge in [0, 0.05) is 25.7 Å². The highest BCUT2D eigenvalue weighted by molar-refractivity contribution is 5.76. The third-order valence-corrected chi connectivity index (χ3v) is 5.30. The number of nitrogens with zero attached hydrogens (tertiary/aromatic N) is 3. The Kier molecular flexibility index (Phi) is 5.69. The van der Waals surface area contributed by atoms with Crippen LogP contribution in [0.1, 0.15) is 18.9 Å². The number of ether oxygens (including phenoxy) is 1. The number of likely N-dealkylation sites (tertiary alicyclic amines) is 1. The molecule has 28 heavy (non-hydrogen) atoms. The van der Waals surface area contributed by atoms with Gasteiger partial charge < -0.3 is 14.7 Å². The fourth-order valence-electron chi connectivity index (χ4n) is 3.78. The molecule has 1 aromatic heterocycles. The molecule has 0 radical (unpaired) electrons. The summed E-state index contributed by atoms with van der Waals surface area (Å²) in [5.74, 6) is 0.767. The summed E-state index contributed by atoms with van der Waals surface area (Å²) in [7, 11) is 0. The molecular formula is C22H25N3O3. The Morgan fingerprint density at radius 3 is 2.57 bits per heavy atom. The second-order valence-electron chi connectivity index (χ2n) is 7.28. The second kappa shape index (κ2) is 8.54. The lowest BCUT2D eigenvalue weighted by molar-refractivity contribution is 0.0556. The molecule has 1 atom stereocenters. The largest absolute Gasteiger partial charge is 0.491 e. The van der Waals surface area contributed by atoms with E-state index in [9.17, 15) is 9.90 Å². The SMILES string of the molecule is O=c1c2ccccc2ncn1C1CCN(CC(O)COc2ccccc2)CC1. The zero-order valence-corrected chi connectivity index (χ0v) is 15.8. The van der Waals surface area contributed by atoms with E-state index in [2.05, 4.69) is 9.88 Å². The Balaban J connectivity index is 1.31. The van der Waals surface area contributed by atoms with Crippen LogP contribution in [0.4, 0.5) is 0 Å². The van der Waals surface area contributed by atoms with Crippen molar-refractivity contribution < 1.29 is 9.84 Å². The number of fused-ring (bicyclic) bond motifs is 1. The van der Waals surface area contributed by atoms with Crippen LogP contribution in [0.2, 0.25) is 0 Å². The number of rotatable bonds is 6. The van der Waals surface area contributed by atoms with Crippen LogP contribution < -0.4 is 10.3 Å². The van der Waals surface area contributed by atoms with E-state index in [0.29, 0.717) is 11.9 Å². The van der Waals surface area contributed by atoms with Crippen molar-refractivity contribution in [2.75, 3.05) is 26.2 Å². The normalized spacial score (nSPS) is 16.9. The Hall–Kier alpha value is -2.70. The summed E-state index contributed by atoms with van der Waals surface area (Å²) in [6.07, 6.45) is 2.87. The molecule has 1 aliphatic rings. The maximum Gasteiger partial charge on any atom is 0.261 e.